The van der Waals surface area contributed by atoms with Gasteiger partial charge in [0.2, 0.25) is 0 Å². The Kier molecular flexibility index (Phi) is 5.86. The quantitative estimate of drug-likeness (QED) is 0.164. The predicted molar refractivity (Wildman–Crippen MR) is 220 cm³/mol. The fraction of sp³-hybridized carbons (Fsp3) is 0.120. The van der Waals surface area contributed by atoms with Crippen LogP contribution in [0.3, 0.4) is 0 Å². The van der Waals surface area contributed by atoms with E-state index < -0.39 is 7.92 Å². The normalized spacial score (nSPS) is 15.2. The lowest BCUT2D eigenvalue weighted by molar-refractivity contribution is 0.661. The third-order valence-corrected chi connectivity index (χ3v) is 14.8. The van der Waals surface area contributed by atoms with Crippen LogP contribution in [0.25, 0.3) is 66.1 Å². The Morgan fingerprint density at radius 1 is 0.353 bits per heavy atom. The highest BCUT2D eigenvalue weighted by molar-refractivity contribution is 7.80. The minimum absolute atomic E-state index is 0.0594. The van der Waals surface area contributed by atoms with Crippen molar-refractivity contribution in [3.8, 4) is 44.5 Å². The summed E-state index contributed by atoms with van der Waals surface area (Å²) in [6.45, 7) is 9.61. The van der Waals surface area contributed by atoms with Gasteiger partial charge < -0.3 is 0 Å². The van der Waals surface area contributed by atoms with Gasteiger partial charge in [-0.3, -0.25) is 0 Å². The highest BCUT2D eigenvalue weighted by Gasteiger charge is 2.38. The molecule has 242 valence electrons. The molecule has 0 amide bonds. The molecule has 1 heteroatoms. The van der Waals surface area contributed by atoms with Crippen molar-refractivity contribution in [3.63, 3.8) is 0 Å². The molecule has 0 heterocycles. The molecule has 8 aromatic rings. The molecule has 0 aromatic heterocycles. The zero-order chi connectivity index (χ0) is 34.2. The van der Waals surface area contributed by atoms with Crippen LogP contribution in [0, 0.1) is 0 Å². The molecule has 0 unspecified atom stereocenters. The first-order valence-electron chi connectivity index (χ1n) is 18.2. The molecule has 0 spiro atoms. The number of rotatable bonds is 3. The van der Waals surface area contributed by atoms with Crippen molar-refractivity contribution in [2.75, 3.05) is 0 Å². The van der Waals surface area contributed by atoms with Crippen molar-refractivity contribution in [1.82, 2.24) is 0 Å². The van der Waals surface area contributed by atoms with Gasteiger partial charge in [0.05, 0.1) is 0 Å². The van der Waals surface area contributed by atoms with Gasteiger partial charge in [-0.1, -0.05) is 155 Å². The molecule has 51 heavy (non-hydrogen) atoms. The van der Waals surface area contributed by atoms with E-state index in [2.05, 4.69) is 179 Å². The summed E-state index contributed by atoms with van der Waals surface area (Å²) in [5.41, 5.74) is 16.5. The number of benzene rings is 8. The Morgan fingerprint density at radius 3 is 1.37 bits per heavy atom. The van der Waals surface area contributed by atoms with Crippen LogP contribution in [-0.4, -0.2) is 0 Å². The fourth-order valence-corrected chi connectivity index (χ4v) is 12.3. The second-order valence-electron chi connectivity index (χ2n) is 15.7. The Labute approximate surface area is 301 Å². The minimum atomic E-state index is -0.898. The lowest BCUT2D eigenvalue weighted by Gasteiger charge is -2.27. The van der Waals surface area contributed by atoms with Crippen LogP contribution in [-0.2, 0) is 10.8 Å². The van der Waals surface area contributed by atoms with Gasteiger partial charge in [-0.25, -0.2) is 0 Å². The summed E-state index contributed by atoms with van der Waals surface area (Å²) < 4.78 is 0. The molecule has 11 rings (SSSR count). The van der Waals surface area contributed by atoms with Crippen LogP contribution in [0.15, 0.2) is 152 Å². The number of fused-ring (bicyclic) bond motifs is 10. The largest absolute Gasteiger partial charge is 0.0619 e. The Bertz CT molecular complexity index is 2660. The molecule has 0 nitrogen and oxygen atoms in total. The Morgan fingerprint density at radius 2 is 0.804 bits per heavy atom. The van der Waals surface area contributed by atoms with E-state index in [4.69, 9.17) is 0 Å². The smallest absolute Gasteiger partial charge is 0.0159 e. The first kappa shape index (κ1) is 29.4. The molecule has 8 aromatic carbocycles. The van der Waals surface area contributed by atoms with Gasteiger partial charge in [-0.15, -0.1) is 0 Å². The third kappa shape index (κ3) is 3.89. The maximum Gasteiger partial charge on any atom is 0.0159 e. The van der Waals surface area contributed by atoms with Gasteiger partial charge in [0.15, 0.2) is 0 Å². The van der Waals surface area contributed by atoms with Gasteiger partial charge in [-0.2, -0.15) is 0 Å². The van der Waals surface area contributed by atoms with Crippen LogP contribution in [0.2, 0.25) is 0 Å². The first-order valence-corrected chi connectivity index (χ1v) is 19.5. The SMILES string of the molecule is CC1(C)c2ccccc2-c2ccc(P(c3ccc4c(c3)C(C)(C)c3ccccc3-4)c3ccc4c5c(cccc35)-c3cc5ccccc5cc3-4)cc21. The number of hydrogen-bond acceptors (Lipinski definition) is 0. The maximum absolute atomic E-state index is 2.57. The van der Waals surface area contributed by atoms with Crippen molar-refractivity contribution in [2.45, 2.75) is 38.5 Å². The summed E-state index contributed by atoms with van der Waals surface area (Å²) in [4.78, 5) is 0. The predicted octanol–water partition coefficient (Wildman–Crippen LogP) is 12.0. The average Bonchev–Trinajstić information content (AvgIpc) is 3.69. The topological polar surface area (TPSA) is 0 Å². The van der Waals surface area contributed by atoms with Gasteiger partial charge in [0, 0.05) is 10.8 Å². The number of hydrogen-bond donors (Lipinski definition) is 0. The zero-order valence-corrected chi connectivity index (χ0v) is 30.3. The molecule has 3 aliphatic rings. The molecule has 0 saturated carbocycles. The average molecular weight is 669 g/mol. The van der Waals surface area contributed by atoms with Crippen molar-refractivity contribution >= 4 is 45.4 Å². The van der Waals surface area contributed by atoms with E-state index in [0.29, 0.717) is 0 Å². The summed E-state index contributed by atoms with van der Waals surface area (Å²) in [5, 5.41) is 9.64. The molecule has 0 fully saturated rings. The molecule has 0 bridgehead atoms. The van der Waals surface area contributed by atoms with Crippen molar-refractivity contribution in [3.05, 3.63) is 174 Å². The van der Waals surface area contributed by atoms with Crippen molar-refractivity contribution in [2.24, 2.45) is 0 Å². The van der Waals surface area contributed by atoms with Crippen LogP contribution < -0.4 is 15.9 Å². The second-order valence-corrected chi connectivity index (χ2v) is 17.9. The third-order valence-electron chi connectivity index (χ3n) is 12.4. The highest BCUT2D eigenvalue weighted by Crippen LogP contribution is 2.53. The second kappa shape index (κ2) is 10.2. The van der Waals surface area contributed by atoms with Crippen LogP contribution >= 0.6 is 7.92 Å². The van der Waals surface area contributed by atoms with Gasteiger partial charge in [0.1, 0.15) is 0 Å². The van der Waals surface area contributed by atoms with E-state index in [0.717, 1.165) is 0 Å². The molecule has 0 saturated heterocycles. The van der Waals surface area contributed by atoms with E-state index in [1.807, 2.05) is 0 Å². The van der Waals surface area contributed by atoms with Gasteiger partial charge in [-0.05, 0) is 136 Å². The van der Waals surface area contributed by atoms with Crippen molar-refractivity contribution < 1.29 is 0 Å². The fourth-order valence-electron chi connectivity index (χ4n) is 9.81. The standard InChI is InChI=1S/C50H37P/c1-49(2)43-18-9-7-14-34(43)36-22-20-32(28-45(36)49)51(33-21-23-37-35-15-8-10-19-44(35)50(3,4)46(37)29-33)47-25-24-39-42-27-31-13-6-5-12-30(31)26-41(42)38-16-11-17-40(47)48(38)39/h5-29H,1-4H3. The molecule has 0 N–H and O–H groups in total. The Balaban J connectivity index is 1.17. The van der Waals surface area contributed by atoms with Gasteiger partial charge >= 0.3 is 0 Å². The van der Waals surface area contributed by atoms with E-state index >= 15 is 0 Å². The molecule has 0 aliphatic heterocycles. The highest BCUT2D eigenvalue weighted by atomic mass is 31.1. The Hall–Kier alpha value is -5.29. The maximum atomic E-state index is 2.57. The van der Waals surface area contributed by atoms with Crippen LogP contribution in [0.4, 0.5) is 0 Å². The van der Waals surface area contributed by atoms with Crippen molar-refractivity contribution in [1.29, 1.82) is 0 Å². The minimum Gasteiger partial charge on any atom is -0.0619 e. The molecule has 3 aliphatic carbocycles. The summed E-state index contributed by atoms with van der Waals surface area (Å²) in [6, 6.07) is 58.4. The van der Waals surface area contributed by atoms with Crippen LogP contribution in [0.5, 0.6) is 0 Å². The van der Waals surface area contributed by atoms with E-state index in [-0.39, 0.29) is 10.8 Å². The van der Waals surface area contributed by atoms with E-state index in [9.17, 15) is 0 Å². The lowest BCUT2D eigenvalue weighted by atomic mass is 9.82. The molecular weight excluding hydrogens is 632 g/mol. The summed E-state index contributed by atoms with van der Waals surface area (Å²) >= 11 is 0. The molecule has 0 atom stereocenters. The monoisotopic (exact) mass is 668 g/mol. The first-order chi connectivity index (χ1) is 24.8. The van der Waals surface area contributed by atoms with E-state index in [1.165, 1.54) is 104 Å². The summed E-state index contributed by atoms with van der Waals surface area (Å²) in [5.74, 6) is 0. The molecule has 0 radical (unpaired) electrons. The summed E-state index contributed by atoms with van der Waals surface area (Å²) in [7, 11) is -0.898. The van der Waals surface area contributed by atoms with E-state index in [1.54, 1.807) is 0 Å². The van der Waals surface area contributed by atoms with Gasteiger partial charge in [0.25, 0.3) is 0 Å². The summed E-state index contributed by atoms with van der Waals surface area (Å²) in [6.07, 6.45) is 0. The molecular formula is C50H37P. The lowest BCUT2D eigenvalue weighted by Crippen LogP contribution is -2.25. The van der Waals surface area contributed by atoms with Crippen LogP contribution in [0.1, 0.15) is 49.9 Å². The zero-order valence-electron chi connectivity index (χ0n) is 29.4.